The van der Waals surface area contributed by atoms with Crippen LogP contribution >= 0.6 is 11.8 Å². The average molecular weight is 500 g/mol. The van der Waals surface area contributed by atoms with E-state index in [9.17, 15) is 5.26 Å². The lowest BCUT2D eigenvalue weighted by Crippen LogP contribution is -2.03. The number of fused-ring (bicyclic) bond motifs is 1. The van der Waals surface area contributed by atoms with Crippen LogP contribution in [0, 0.1) is 18.3 Å². The zero-order valence-corrected chi connectivity index (χ0v) is 21.7. The number of H-pyrrole nitrogens is 1. The Kier molecular flexibility index (Phi) is 6.81. The van der Waals surface area contributed by atoms with Crippen molar-refractivity contribution >= 4 is 45.9 Å². The van der Waals surface area contributed by atoms with E-state index in [4.69, 9.17) is 4.74 Å². The fourth-order valence-corrected chi connectivity index (χ4v) is 5.08. The first-order chi connectivity index (χ1) is 17.4. The van der Waals surface area contributed by atoms with Crippen LogP contribution in [0.1, 0.15) is 61.4 Å². The molecule has 5 rings (SSSR count). The number of anilines is 4. The highest BCUT2D eigenvalue weighted by Crippen LogP contribution is 2.37. The van der Waals surface area contributed by atoms with Gasteiger partial charge in [-0.25, -0.2) is 15.0 Å². The first-order valence-corrected chi connectivity index (χ1v) is 13.3. The van der Waals surface area contributed by atoms with Gasteiger partial charge in [0, 0.05) is 17.6 Å². The molecule has 1 aliphatic rings. The van der Waals surface area contributed by atoms with Gasteiger partial charge in [0.25, 0.3) is 0 Å². The Morgan fingerprint density at radius 1 is 1.08 bits per heavy atom. The summed E-state index contributed by atoms with van der Waals surface area (Å²) in [6.45, 7) is 6.84. The molecule has 1 atom stereocenters. The van der Waals surface area contributed by atoms with Gasteiger partial charge in [-0.1, -0.05) is 26.0 Å². The number of hydrogen-bond acceptors (Lipinski definition) is 8. The number of aromatic nitrogens is 4. The van der Waals surface area contributed by atoms with Gasteiger partial charge in [0.2, 0.25) is 0 Å². The van der Waals surface area contributed by atoms with Crippen LogP contribution in [0.15, 0.2) is 41.3 Å². The molecule has 0 spiro atoms. The maximum absolute atomic E-state index is 9.56. The summed E-state index contributed by atoms with van der Waals surface area (Å²) in [5.41, 5.74) is 5.83. The number of hydrogen-bond donors (Lipinski definition) is 3. The number of rotatable bonds is 7. The summed E-state index contributed by atoms with van der Waals surface area (Å²) in [6.07, 6.45) is 4.42. The molecule has 1 aromatic carbocycles. The third kappa shape index (κ3) is 4.87. The number of aromatic amines is 1. The van der Waals surface area contributed by atoms with Crippen molar-refractivity contribution < 1.29 is 4.74 Å². The van der Waals surface area contributed by atoms with Gasteiger partial charge in [-0.2, -0.15) is 5.26 Å². The molecule has 8 nitrogen and oxygen atoms in total. The number of nitrogens with one attached hydrogen (secondary N) is 3. The van der Waals surface area contributed by atoms with Gasteiger partial charge in [-0.05, 0) is 61.3 Å². The minimum absolute atomic E-state index is 0.177. The molecule has 0 saturated carbocycles. The zero-order chi connectivity index (χ0) is 25.2. The van der Waals surface area contributed by atoms with Crippen molar-refractivity contribution in [3.63, 3.8) is 0 Å². The smallest absolute Gasteiger partial charge is 0.181 e. The first kappa shape index (κ1) is 24.1. The predicted octanol–water partition coefficient (Wildman–Crippen LogP) is 6.72. The number of benzene rings is 1. The van der Waals surface area contributed by atoms with E-state index in [-0.39, 0.29) is 12.0 Å². The lowest BCUT2D eigenvalue weighted by Gasteiger charge is -2.16. The average Bonchev–Trinajstić information content (AvgIpc) is 3.53. The van der Waals surface area contributed by atoms with Crippen molar-refractivity contribution in [2.24, 2.45) is 0 Å². The number of nitriles is 1. The standard InChI is InChI=1S/C27H29N7OS/c1-15(2)18-8-10-24(32-21(18)14-28)33-25-13-20(26-27(34-25)30-16(3)29-26)31-19-9-7-17(12-23(19)36-4)22-6-5-11-35-22/h7-10,12-13,15,22H,5-6,11H2,1-4H3,(H3,29,30,31,32,33,34). The number of pyridine rings is 2. The zero-order valence-electron chi connectivity index (χ0n) is 20.8. The minimum atomic E-state index is 0.177. The summed E-state index contributed by atoms with van der Waals surface area (Å²) >= 11 is 1.70. The molecular weight excluding hydrogens is 470 g/mol. The molecule has 9 heteroatoms. The van der Waals surface area contributed by atoms with Crippen molar-refractivity contribution in [3.8, 4) is 6.07 Å². The van der Waals surface area contributed by atoms with Crippen LogP contribution in [0.4, 0.5) is 23.0 Å². The Morgan fingerprint density at radius 3 is 2.67 bits per heavy atom. The topological polar surface area (TPSA) is 112 Å². The van der Waals surface area contributed by atoms with Crippen LogP contribution in [0.25, 0.3) is 11.2 Å². The van der Waals surface area contributed by atoms with Gasteiger partial charge in [0.05, 0.1) is 17.5 Å². The molecule has 0 radical (unpaired) electrons. The van der Waals surface area contributed by atoms with Gasteiger partial charge in [-0.3, -0.25) is 0 Å². The molecule has 1 aliphatic heterocycles. The van der Waals surface area contributed by atoms with Gasteiger partial charge in [-0.15, -0.1) is 11.8 Å². The third-order valence-corrected chi connectivity index (χ3v) is 7.06. The van der Waals surface area contributed by atoms with E-state index in [0.717, 1.165) is 52.6 Å². The Morgan fingerprint density at radius 2 is 1.94 bits per heavy atom. The van der Waals surface area contributed by atoms with E-state index < -0.39 is 0 Å². The minimum Gasteiger partial charge on any atom is -0.374 e. The van der Waals surface area contributed by atoms with Crippen LogP contribution in [0.2, 0.25) is 0 Å². The number of thioether (sulfide) groups is 1. The fourth-order valence-electron chi connectivity index (χ4n) is 4.49. The second-order valence-corrected chi connectivity index (χ2v) is 10.0. The van der Waals surface area contributed by atoms with Crippen molar-refractivity contribution in [2.45, 2.75) is 50.5 Å². The van der Waals surface area contributed by atoms with E-state index in [2.05, 4.69) is 74.9 Å². The number of imidazole rings is 1. The van der Waals surface area contributed by atoms with E-state index in [0.29, 0.717) is 23.0 Å². The number of aryl methyl sites for hydroxylation is 1. The Labute approximate surface area is 214 Å². The van der Waals surface area contributed by atoms with E-state index in [1.807, 2.05) is 25.1 Å². The summed E-state index contributed by atoms with van der Waals surface area (Å²) in [5.74, 6) is 2.15. The van der Waals surface area contributed by atoms with Gasteiger partial charge >= 0.3 is 0 Å². The highest BCUT2D eigenvalue weighted by molar-refractivity contribution is 7.98. The Balaban J connectivity index is 1.49. The molecule has 1 saturated heterocycles. The molecule has 3 N–H and O–H groups in total. The molecule has 3 aromatic heterocycles. The molecule has 4 heterocycles. The van der Waals surface area contributed by atoms with Gasteiger partial charge < -0.3 is 20.4 Å². The Hall–Kier alpha value is -3.61. The predicted molar refractivity (Wildman–Crippen MR) is 144 cm³/mol. The number of ether oxygens (including phenoxy) is 1. The lowest BCUT2D eigenvalue weighted by molar-refractivity contribution is 0.112. The summed E-state index contributed by atoms with van der Waals surface area (Å²) in [5, 5.41) is 16.4. The third-order valence-electron chi connectivity index (χ3n) is 6.29. The monoisotopic (exact) mass is 499 g/mol. The van der Waals surface area contributed by atoms with Crippen molar-refractivity contribution in [1.82, 2.24) is 19.9 Å². The van der Waals surface area contributed by atoms with Gasteiger partial charge in [0.15, 0.2) is 5.65 Å². The number of nitrogens with zero attached hydrogens (tertiary/aromatic N) is 4. The van der Waals surface area contributed by atoms with Crippen LogP contribution in [0.5, 0.6) is 0 Å². The van der Waals surface area contributed by atoms with Crippen molar-refractivity contribution in [1.29, 1.82) is 5.26 Å². The fraction of sp³-hybridized carbons (Fsp3) is 0.333. The molecule has 0 aliphatic carbocycles. The van der Waals surface area contributed by atoms with Crippen LogP contribution in [0.3, 0.4) is 0 Å². The molecule has 4 aromatic rings. The largest absolute Gasteiger partial charge is 0.374 e. The second-order valence-electron chi connectivity index (χ2n) is 9.19. The van der Waals surface area contributed by atoms with Gasteiger partial charge in [0.1, 0.15) is 34.7 Å². The van der Waals surface area contributed by atoms with E-state index >= 15 is 0 Å². The molecule has 36 heavy (non-hydrogen) atoms. The summed E-state index contributed by atoms with van der Waals surface area (Å²) in [4.78, 5) is 18.2. The maximum Gasteiger partial charge on any atom is 0.181 e. The molecule has 0 bridgehead atoms. The van der Waals surface area contributed by atoms with E-state index in [1.165, 1.54) is 5.56 Å². The summed E-state index contributed by atoms with van der Waals surface area (Å²) in [7, 11) is 0. The van der Waals surface area contributed by atoms with Crippen LogP contribution < -0.4 is 10.6 Å². The maximum atomic E-state index is 9.56. The second kappa shape index (κ2) is 10.2. The first-order valence-electron chi connectivity index (χ1n) is 12.1. The molecule has 1 fully saturated rings. The van der Waals surface area contributed by atoms with E-state index in [1.54, 1.807) is 11.8 Å². The van der Waals surface area contributed by atoms with Crippen LogP contribution in [-0.4, -0.2) is 32.8 Å². The Bertz CT molecular complexity index is 1450. The molecular formula is C27H29N7OS. The van der Waals surface area contributed by atoms with Crippen molar-refractivity contribution in [2.75, 3.05) is 23.5 Å². The van der Waals surface area contributed by atoms with Crippen LogP contribution in [-0.2, 0) is 4.74 Å². The highest BCUT2D eigenvalue weighted by Gasteiger charge is 2.19. The SMILES string of the molecule is CSc1cc(C2CCCO2)ccc1Nc1cc(Nc2ccc(C(C)C)c(C#N)n2)nc2nc(C)[nH]c12. The summed E-state index contributed by atoms with van der Waals surface area (Å²) < 4.78 is 5.88. The molecule has 0 amide bonds. The normalized spacial score (nSPS) is 15.4. The quantitative estimate of drug-likeness (QED) is 0.240. The highest BCUT2D eigenvalue weighted by atomic mass is 32.2. The molecule has 184 valence electrons. The molecule has 1 unspecified atom stereocenters. The lowest BCUT2D eigenvalue weighted by atomic mass is 10.0. The van der Waals surface area contributed by atoms with Crippen molar-refractivity contribution in [3.05, 3.63) is 59.0 Å². The summed E-state index contributed by atoms with van der Waals surface area (Å²) in [6, 6.07) is 14.4.